The Hall–Kier alpha value is -1.84. The van der Waals surface area contributed by atoms with Crippen LogP contribution < -0.4 is 5.32 Å². The second kappa shape index (κ2) is 8.12. The Bertz CT molecular complexity index is 752. The maximum Gasteiger partial charge on any atom is 0.229 e. The van der Waals surface area contributed by atoms with Gasteiger partial charge >= 0.3 is 0 Å². The quantitative estimate of drug-likeness (QED) is 0.603. The molecule has 2 amide bonds. The van der Waals surface area contributed by atoms with Crippen molar-refractivity contribution in [3.8, 4) is 0 Å². The number of carbonyl (C=O) groups excluding carboxylic acids is 2. The first-order valence-corrected chi connectivity index (χ1v) is 11.6. The summed E-state index contributed by atoms with van der Waals surface area (Å²) in [6, 6.07) is 8.98. The Labute approximate surface area is 175 Å². The van der Waals surface area contributed by atoms with E-state index in [9.17, 15) is 9.59 Å². The molecule has 2 bridgehead atoms. The van der Waals surface area contributed by atoms with E-state index in [0.29, 0.717) is 17.7 Å². The molecule has 1 aliphatic heterocycles. The summed E-state index contributed by atoms with van der Waals surface area (Å²) >= 11 is 0. The van der Waals surface area contributed by atoms with Crippen molar-refractivity contribution < 1.29 is 9.59 Å². The van der Waals surface area contributed by atoms with Crippen molar-refractivity contribution in [2.75, 3.05) is 13.1 Å². The van der Waals surface area contributed by atoms with Crippen LogP contribution in [0.3, 0.4) is 0 Å². The van der Waals surface area contributed by atoms with Gasteiger partial charge in [-0.3, -0.25) is 9.59 Å². The molecule has 1 unspecified atom stereocenters. The minimum absolute atomic E-state index is 0.0263. The highest BCUT2D eigenvalue weighted by molar-refractivity contribution is 5.87. The molecular weight excluding hydrogens is 360 g/mol. The van der Waals surface area contributed by atoms with Crippen molar-refractivity contribution >= 4 is 11.8 Å². The van der Waals surface area contributed by atoms with Crippen molar-refractivity contribution in [3.05, 3.63) is 35.4 Å². The summed E-state index contributed by atoms with van der Waals surface area (Å²) in [5.74, 6) is 0.585. The molecule has 0 aromatic heterocycles. The predicted octanol–water partition coefficient (Wildman–Crippen LogP) is 4.92. The Kier molecular flexibility index (Phi) is 5.72. The number of amides is 2. The van der Waals surface area contributed by atoms with E-state index in [0.717, 1.165) is 51.6 Å². The molecular formula is C25H36N2O2. The fraction of sp³-hybridized carbons (Fsp3) is 0.680. The summed E-state index contributed by atoms with van der Waals surface area (Å²) < 4.78 is 0. The zero-order valence-electron chi connectivity index (χ0n) is 18.1. The van der Waals surface area contributed by atoms with Crippen molar-refractivity contribution in [1.82, 2.24) is 10.2 Å². The number of unbranched alkanes of at least 4 members (excludes halogenated alkanes) is 2. The minimum Gasteiger partial charge on any atom is -0.356 e. The smallest absolute Gasteiger partial charge is 0.229 e. The molecule has 1 saturated heterocycles. The van der Waals surface area contributed by atoms with Gasteiger partial charge in [0.1, 0.15) is 0 Å². The van der Waals surface area contributed by atoms with Crippen LogP contribution in [0.5, 0.6) is 0 Å². The van der Waals surface area contributed by atoms with Gasteiger partial charge in [-0.05, 0) is 62.8 Å². The summed E-state index contributed by atoms with van der Waals surface area (Å²) in [6.07, 6.45) is 10.9. The van der Waals surface area contributed by atoms with Crippen molar-refractivity contribution in [2.45, 2.75) is 84.1 Å². The Morgan fingerprint density at radius 2 is 1.97 bits per heavy atom. The molecule has 5 rings (SSSR count). The van der Waals surface area contributed by atoms with Crippen LogP contribution in [0, 0.1) is 17.8 Å². The molecule has 4 heteroatoms. The summed E-state index contributed by atoms with van der Waals surface area (Å²) in [6.45, 7) is 5.75. The average Bonchev–Trinajstić information content (AvgIpc) is 3.14. The molecule has 29 heavy (non-hydrogen) atoms. The lowest BCUT2D eigenvalue weighted by Crippen LogP contribution is -2.67. The van der Waals surface area contributed by atoms with Crippen LogP contribution in [0.4, 0.5) is 0 Å². The number of nitrogens with one attached hydrogen (secondary N) is 1. The predicted molar refractivity (Wildman–Crippen MR) is 115 cm³/mol. The van der Waals surface area contributed by atoms with Gasteiger partial charge in [-0.1, -0.05) is 49.6 Å². The number of rotatable bonds is 9. The summed E-state index contributed by atoms with van der Waals surface area (Å²) in [5.41, 5.74) is 3.02. The van der Waals surface area contributed by atoms with Gasteiger partial charge in [0, 0.05) is 19.5 Å². The first kappa shape index (κ1) is 20.4. The van der Waals surface area contributed by atoms with E-state index < -0.39 is 0 Å². The second-order valence-electron chi connectivity index (χ2n) is 9.90. The van der Waals surface area contributed by atoms with Gasteiger partial charge in [0.15, 0.2) is 0 Å². The maximum atomic E-state index is 13.4. The SMILES string of the molecule is CCC(=O)NCCCCCC12CC(C(=O)N3CCCC3c3cccc(C)c3)(C1)C2. The van der Waals surface area contributed by atoms with Crippen molar-refractivity contribution in [2.24, 2.45) is 10.8 Å². The third kappa shape index (κ3) is 3.95. The van der Waals surface area contributed by atoms with E-state index in [1.807, 2.05) is 6.92 Å². The number of hydrogen-bond acceptors (Lipinski definition) is 2. The summed E-state index contributed by atoms with van der Waals surface area (Å²) in [5, 5.41) is 2.95. The Morgan fingerprint density at radius 1 is 1.17 bits per heavy atom. The number of aryl methyl sites for hydroxylation is 1. The van der Waals surface area contributed by atoms with E-state index in [1.54, 1.807) is 0 Å². The van der Waals surface area contributed by atoms with Crippen LogP contribution in [0.15, 0.2) is 24.3 Å². The Balaban J connectivity index is 1.23. The largest absolute Gasteiger partial charge is 0.356 e. The lowest BCUT2D eigenvalue weighted by molar-refractivity contribution is -0.220. The fourth-order valence-corrected chi connectivity index (χ4v) is 6.18. The number of nitrogens with zero attached hydrogens (tertiary/aromatic N) is 1. The van der Waals surface area contributed by atoms with Gasteiger partial charge in [-0.25, -0.2) is 0 Å². The molecule has 1 aromatic carbocycles. The van der Waals surface area contributed by atoms with Crippen LogP contribution >= 0.6 is 0 Å². The highest BCUT2D eigenvalue weighted by Gasteiger charge is 2.71. The molecule has 3 aliphatic carbocycles. The van der Waals surface area contributed by atoms with Gasteiger partial charge in [0.05, 0.1) is 11.5 Å². The standard InChI is InChI=1S/C25H36N2O2/c1-3-22(28)26-13-6-4-5-12-24-16-25(17-24,18-24)23(29)27-14-8-11-21(27)20-10-7-9-19(2)15-20/h7,9-10,15,21H,3-6,8,11-14,16-18H2,1-2H3,(H,26,28). The zero-order chi connectivity index (χ0) is 20.5. The van der Waals surface area contributed by atoms with E-state index in [1.165, 1.54) is 30.4 Å². The fourth-order valence-electron chi connectivity index (χ4n) is 6.18. The molecule has 0 radical (unpaired) electrons. The van der Waals surface area contributed by atoms with E-state index in [-0.39, 0.29) is 17.4 Å². The second-order valence-corrected chi connectivity index (χ2v) is 9.90. The van der Waals surface area contributed by atoms with Crippen LogP contribution in [0.2, 0.25) is 0 Å². The normalized spacial score (nSPS) is 29.9. The first-order valence-electron chi connectivity index (χ1n) is 11.6. The molecule has 1 N–H and O–H groups in total. The van der Waals surface area contributed by atoms with E-state index >= 15 is 0 Å². The van der Waals surface area contributed by atoms with Gasteiger partial charge in [-0.15, -0.1) is 0 Å². The topological polar surface area (TPSA) is 49.4 Å². The summed E-state index contributed by atoms with van der Waals surface area (Å²) in [4.78, 5) is 26.9. The number of benzene rings is 1. The van der Waals surface area contributed by atoms with Crippen LogP contribution in [-0.4, -0.2) is 29.8 Å². The molecule has 4 nitrogen and oxygen atoms in total. The van der Waals surface area contributed by atoms with Crippen LogP contribution in [-0.2, 0) is 9.59 Å². The van der Waals surface area contributed by atoms with Crippen LogP contribution in [0.25, 0.3) is 0 Å². The minimum atomic E-state index is -0.0263. The molecule has 1 aromatic rings. The first-order chi connectivity index (χ1) is 14.0. The van der Waals surface area contributed by atoms with Gasteiger partial charge in [0.25, 0.3) is 0 Å². The average molecular weight is 397 g/mol. The Morgan fingerprint density at radius 3 is 2.69 bits per heavy atom. The van der Waals surface area contributed by atoms with E-state index in [2.05, 4.69) is 41.4 Å². The molecule has 158 valence electrons. The molecule has 0 spiro atoms. The van der Waals surface area contributed by atoms with Crippen LogP contribution in [0.1, 0.15) is 88.3 Å². The third-order valence-electron chi connectivity index (χ3n) is 7.56. The number of hydrogen-bond donors (Lipinski definition) is 1. The zero-order valence-corrected chi connectivity index (χ0v) is 18.1. The highest BCUT2D eigenvalue weighted by atomic mass is 16.2. The number of carbonyl (C=O) groups is 2. The van der Waals surface area contributed by atoms with E-state index in [4.69, 9.17) is 0 Å². The lowest BCUT2D eigenvalue weighted by atomic mass is 9.33. The summed E-state index contributed by atoms with van der Waals surface area (Å²) in [7, 11) is 0. The number of likely N-dealkylation sites (tertiary alicyclic amines) is 1. The molecule has 4 fully saturated rings. The molecule has 1 atom stereocenters. The monoisotopic (exact) mass is 396 g/mol. The highest BCUT2D eigenvalue weighted by Crippen LogP contribution is 2.76. The molecule has 4 aliphatic rings. The maximum absolute atomic E-state index is 13.4. The molecule has 1 heterocycles. The van der Waals surface area contributed by atoms with Crippen molar-refractivity contribution in [1.29, 1.82) is 0 Å². The third-order valence-corrected chi connectivity index (χ3v) is 7.56. The lowest BCUT2D eigenvalue weighted by Gasteiger charge is -2.70. The van der Waals surface area contributed by atoms with Gasteiger partial charge in [0.2, 0.25) is 11.8 Å². The van der Waals surface area contributed by atoms with Gasteiger partial charge < -0.3 is 10.2 Å². The molecule has 3 saturated carbocycles. The van der Waals surface area contributed by atoms with Gasteiger partial charge in [-0.2, -0.15) is 0 Å². The van der Waals surface area contributed by atoms with Crippen molar-refractivity contribution in [3.63, 3.8) is 0 Å².